The molecule has 10 heteroatoms. The maximum atomic E-state index is 13.7. The first kappa shape index (κ1) is 24.4. The molecule has 0 aromatic carbocycles. The summed E-state index contributed by atoms with van der Waals surface area (Å²) in [6.07, 6.45) is 2.11. The summed E-state index contributed by atoms with van der Waals surface area (Å²) in [6.45, 7) is 9.84. The molecule has 2 N–H and O–H groups in total. The number of nitrogens with one attached hydrogen (secondary N) is 2. The number of amides is 1. The molecule has 1 unspecified atom stereocenters. The van der Waals surface area contributed by atoms with Crippen molar-refractivity contribution in [2.24, 2.45) is 0 Å². The van der Waals surface area contributed by atoms with Crippen molar-refractivity contribution in [2.45, 2.75) is 66.1 Å². The zero-order chi connectivity index (χ0) is 23.2. The van der Waals surface area contributed by atoms with Gasteiger partial charge in [0.05, 0.1) is 24.1 Å². The zero-order valence-electron chi connectivity index (χ0n) is 18.6. The van der Waals surface area contributed by atoms with Crippen LogP contribution in [-0.2, 0) is 15.5 Å². The summed E-state index contributed by atoms with van der Waals surface area (Å²) in [5.74, 6) is -3.27. The lowest BCUT2D eigenvalue weighted by Gasteiger charge is -2.21. The highest BCUT2D eigenvalue weighted by atomic mass is 19.3. The highest BCUT2D eigenvalue weighted by molar-refractivity contribution is 5.88. The van der Waals surface area contributed by atoms with Gasteiger partial charge in [0.15, 0.2) is 5.75 Å². The van der Waals surface area contributed by atoms with E-state index in [2.05, 4.69) is 25.6 Å². The van der Waals surface area contributed by atoms with Crippen molar-refractivity contribution >= 4 is 23.2 Å². The van der Waals surface area contributed by atoms with Crippen molar-refractivity contribution in [3.8, 4) is 5.75 Å². The molecule has 0 aliphatic heterocycles. The lowest BCUT2D eigenvalue weighted by atomic mass is 10.2. The van der Waals surface area contributed by atoms with Crippen LogP contribution in [-0.4, -0.2) is 39.7 Å². The summed E-state index contributed by atoms with van der Waals surface area (Å²) in [6, 6.07) is 3.08. The van der Waals surface area contributed by atoms with E-state index in [1.54, 1.807) is 13.0 Å². The molecule has 8 nitrogen and oxygen atoms in total. The maximum Gasteiger partial charge on any atom is 0.303 e. The molecular weight excluding hydrogens is 408 g/mol. The average Bonchev–Trinajstić information content (AvgIpc) is 2.64. The lowest BCUT2D eigenvalue weighted by molar-refractivity contribution is -0.114. The Morgan fingerprint density at radius 3 is 2.52 bits per heavy atom. The number of halogens is 2. The number of carbonyl (C=O) groups excluding carboxylic acids is 1. The number of pyridine rings is 1. The Morgan fingerprint density at radius 2 is 1.94 bits per heavy atom. The second kappa shape index (κ2) is 10.4. The minimum absolute atomic E-state index is 0.0459. The largest absolute Gasteiger partial charge is 0.487 e. The first-order chi connectivity index (χ1) is 14.5. The lowest BCUT2D eigenvalue weighted by Crippen LogP contribution is -2.24. The summed E-state index contributed by atoms with van der Waals surface area (Å²) in [7, 11) is 0. The standard InChI is InChI=1S/C21H29F2N5O3/c1-7-15(31-12(2)3)11-30-17-10-24-18(26-14(5)29)9-16(17)27-19-8-13(4)25-20(28-19)21(6,22)23/h8-10,12,15H,7,11H2,1-6H3,(H2,24,25,26,27,28,29). The number of hydrogen-bond donors (Lipinski definition) is 2. The van der Waals surface area contributed by atoms with Crippen LogP contribution in [0.15, 0.2) is 18.3 Å². The predicted molar refractivity (Wildman–Crippen MR) is 114 cm³/mol. The molecule has 2 rings (SSSR count). The van der Waals surface area contributed by atoms with Crippen molar-refractivity contribution in [3.63, 3.8) is 0 Å². The highest BCUT2D eigenvalue weighted by Crippen LogP contribution is 2.31. The smallest absolute Gasteiger partial charge is 0.303 e. The molecule has 1 atom stereocenters. The SMILES string of the molecule is CCC(COc1cnc(NC(C)=O)cc1Nc1cc(C)nc(C(C)(F)F)n1)OC(C)C. The van der Waals surface area contributed by atoms with Crippen molar-refractivity contribution < 1.29 is 23.0 Å². The average molecular weight is 437 g/mol. The van der Waals surface area contributed by atoms with E-state index in [1.165, 1.54) is 19.2 Å². The van der Waals surface area contributed by atoms with Crippen molar-refractivity contribution in [1.82, 2.24) is 15.0 Å². The fourth-order valence-corrected chi connectivity index (χ4v) is 2.69. The van der Waals surface area contributed by atoms with Gasteiger partial charge in [-0.2, -0.15) is 8.78 Å². The van der Waals surface area contributed by atoms with Gasteiger partial charge in [-0.3, -0.25) is 4.79 Å². The van der Waals surface area contributed by atoms with E-state index in [4.69, 9.17) is 9.47 Å². The van der Waals surface area contributed by atoms with Crippen molar-refractivity contribution in [2.75, 3.05) is 17.2 Å². The second-order valence-electron chi connectivity index (χ2n) is 7.50. The third-order valence-electron chi connectivity index (χ3n) is 4.03. The molecule has 0 aliphatic carbocycles. The van der Waals surface area contributed by atoms with Gasteiger partial charge in [-0.05, 0) is 27.2 Å². The van der Waals surface area contributed by atoms with Crippen LogP contribution in [0.4, 0.5) is 26.1 Å². The number of hydrogen-bond acceptors (Lipinski definition) is 7. The molecule has 0 saturated carbocycles. The number of carbonyl (C=O) groups is 1. The molecule has 0 spiro atoms. The number of aromatic nitrogens is 3. The monoisotopic (exact) mass is 437 g/mol. The number of alkyl halides is 2. The van der Waals surface area contributed by atoms with Crippen LogP contribution in [0, 0.1) is 6.92 Å². The summed E-state index contributed by atoms with van der Waals surface area (Å²) in [5.41, 5.74) is 0.783. The van der Waals surface area contributed by atoms with Gasteiger partial charge in [0, 0.05) is 31.7 Å². The fourth-order valence-electron chi connectivity index (χ4n) is 2.69. The Morgan fingerprint density at radius 1 is 1.23 bits per heavy atom. The first-order valence-electron chi connectivity index (χ1n) is 10.0. The minimum Gasteiger partial charge on any atom is -0.487 e. The maximum absolute atomic E-state index is 13.7. The predicted octanol–water partition coefficient (Wildman–Crippen LogP) is 4.58. The number of nitrogens with zero attached hydrogens (tertiary/aromatic N) is 3. The fraction of sp³-hybridized carbons (Fsp3) is 0.524. The number of anilines is 3. The van der Waals surface area contributed by atoms with Gasteiger partial charge in [-0.15, -0.1) is 0 Å². The third-order valence-corrected chi connectivity index (χ3v) is 4.03. The van der Waals surface area contributed by atoms with Crippen LogP contribution in [0.2, 0.25) is 0 Å². The molecule has 31 heavy (non-hydrogen) atoms. The van der Waals surface area contributed by atoms with E-state index < -0.39 is 11.7 Å². The Kier molecular flexibility index (Phi) is 8.21. The van der Waals surface area contributed by atoms with Crippen molar-refractivity contribution in [1.29, 1.82) is 0 Å². The molecule has 170 valence electrons. The number of aryl methyl sites for hydroxylation is 1. The van der Waals surface area contributed by atoms with Gasteiger partial charge >= 0.3 is 5.92 Å². The third kappa shape index (κ3) is 7.71. The van der Waals surface area contributed by atoms with E-state index in [1.807, 2.05) is 20.8 Å². The van der Waals surface area contributed by atoms with Crippen LogP contribution in [0.3, 0.4) is 0 Å². The molecule has 0 fully saturated rings. The molecule has 2 aromatic heterocycles. The molecule has 0 saturated heterocycles. The van der Waals surface area contributed by atoms with Gasteiger partial charge in [0.25, 0.3) is 0 Å². The zero-order valence-corrected chi connectivity index (χ0v) is 18.6. The Hall–Kier alpha value is -2.88. The van der Waals surface area contributed by atoms with Crippen LogP contribution in [0.25, 0.3) is 0 Å². The number of ether oxygens (including phenoxy) is 2. The van der Waals surface area contributed by atoms with Gasteiger partial charge in [-0.25, -0.2) is 15.0 Å². The minimum atomic E-state index is -3.19. The van der Waals surface area contributed by atoms with E-state index in [-0.39, 0.29) is 36.4 Å². The Labute approximate surface area is 180 Å². The van der Waals surface area contributed by atoms with E-state index in [0.717, 1.165) is 13.3 Å². The Bertz CT molecular complexity index is 903. The molecule has 2 heterocycles. The highest BCUT2D eigenvalue weighted by Gasteiger charge is 2.29. The molecular formula is C21H29F2N5O3. The van der Waals surface area contributed by atoms with Crippen LogP contribution >= 0.6 is 0 Å². The molecule has 0 radical (unpaired) electrons. The summed E-state index contributed by atoms with van der Waals surface area (Å²) < 4.78 is 39.2. The van der Waals surface area contributed by atoms with Gasteiger partial charge < -0.3 is 20.1 Å². The quantitative estimate of drug-likeness (QED) is 0.561. The normalized spacial score (nSPS) is 12.5. The molecule has 1 amide bonds. The summed E-state index contributed by atoms with van der Waals surface area (Å²) in [4.78, 5) is 23.3. The van der Waals surface area contributed by atoms with Crippen LogP contribution < -0.4 is 15.4 Å². The van der Waals surface area contributed by atoms with Crippen molar-refractivity contribution in [3.05, 3.63) is 29.8 Å². The Balaban J connectivity index is 2.34. The molecule has 2 aromatic rings. The van der Waals surface area contributed by atoms with Crippen LogP contribution in [0.5, 0.6) is 5.75 Å². The number of rotatable bonds is 10. The second-order valence-corrected chi connectivity index (χ2v) is 7.50. The van der Waals surface area contributed by atoms with Gasteiger partial charge in [0.2, 0.25) is 11.7 Å². The summed E-state index contributed by atoms with van der Waals surface area (Å²) >= 11 is 0. The molecule has 0 aliphatic rings. The topological polar surface area (TPSA) is 98.3 Å². The van der Waals surface area contributed by atoms with E-state index >= 15 is 0 Å². The van der Waals surface area contributed by atoms with E-state index in [0.29, 0.717) is 17.1 Å². The first-order valence-corrected chi connectivity index (χ1v) is 10.0. The van der Waals surface area contributed by atoms with Gasteiger partial charge in [0.1, 0.15) is 18.2 Å². The molecule has 0 bridgehead atoms. The summed E-state index contributed by atoms with van der Waals surface area (Å²) in [5, 5.41) is 5.56. The van der Waals surface area contributed by atoms with Crippen LogP contribution in [0.1, 0.15) is 52.6 Å². The van der Waals surface area contributed by atoms with E-state index in [9.17, 15) is 13.6 Å². The van der Waals surface area contributed by atoms with Gasteiger partial charge in [-0.1, -0.05) is 6.92 Å².